The maximum absolute atomic E-state index is 12.0. The molecule has 150 valence electrons. The number of methoxy groups -OCH3 is 2. The van der Waals surface area contributed by atoms with E-state index < -0.39 is 5.91 Å². The van der Waals surface area contributed by atoms with Crippen molar-refractivity contribution < 1.29 is 23.8 Å². The van der Waals surface area contributed by atoms with Crippen LogP contribution < -0.4 is 25.1 Å². The molecule has 0 saturated heterocycles. The number of nitrogens with one attached hydrogen (secondary N) is 2. The Morgan fingerprint density at radius 2 is 1.36 bits per heavy atom. The van der Waals surface area contributed by atoms with E-state index in [2.05, 4.69) is 10.9 Å². The maximum atomic E-state index is 12.0. The number of hydrogen-bond acceptors (Lipinski definition) is 5. The SMILES string of the molecule is COc1cc(CCC(=O)NNC(=O)COc2cc(C)cc(C)c2)cc(OC)c1. The minimum atomic E-state index is -0.435. The topological polar surface area (TPSA) is 85.9 Å². The fourth-order valence-corrected chi connectivity index (χ4v) is 2.67. The van der Waals surface area contributed by atoms with E-state index in [0.717, 1.165) is 16.7 Å². The quantitative estimate of drug-likeness (QED) is 0.681. The van der Waals surface area contributed by atoms with Crippen LogP contribution in [-0.2, 0) is 16.0 Å². The Morgan fingerprint density at radius 1 is 0.786 bits per heavy atom. The first-order valence-corrected chi connectivity index (χ1v) is 8.90. The Balaban J connectivity index is 1.75. The molecule has 0 aliphatic carbocycles. The monoisotopic (exact) mass is 386 g/mol. The van der Waals surface area contributed by atoms with Crippen LogP contribution in [-0.4, -0.2) is 32.6 Å². The molecule has 0 heterocycles. The molecule has 0 aromatic heterocycles. The van der Waals surface area contributed by atoms with Crippen molar-refractivity contribution >= 4 is 11.8 Å². The molecule has 0 atom stereocenters. The molecule has 7 heteroatoms. The van der Waals surface area contributed by atoms with Crippen LogP contribution in [0, 0.1) is 13.8 Å². The summed E-state index contributed by atoms with van der Waals surface area (Å²) in [4.78, 5) is 23.8. The van der Waals surface area contributed by atoms with Gasteiger partial charge in [-0.1, -0.05) is 6.07 Å². The van der Waals surface area contributed by atoms with Gasteiger partial charge in [0.15, 0.2) is 6.61 Å². The van der Waals surface area contributed by atoms with E-state index in [4.69, 9.17) is 14.2 Å². The summed E-state index contributed by atoms with van der Waals surface area (Å²) in [7, 11) is 3.14. The Bertz CT molecular complexity index is 793. The molecule has 0 radical (unpaired) electrons. The molecule has 0 saturated carbocycles. The largest absolute Gasteiger partial charge is 0.497 e. The van der Waals surface area contributed by atoms with Crippen LogP contribution >= 0.6 is 0 Å². The minimum absolute atomic E-state index is 0.184. The number of carbonyl (C=O) groups is 2. The van der Waals surface area contributed by atoms with Gasteiger partial charge in [-0.15, -0.1) is 0 Å². The molecule has 2 aromatic rings. The predicted octanol–water partition coefficient (Wildman–Crippen LogP) is 2.48. The van der Waals surface area contributed by atoms with Crippen LogP contribution in [0.4, 0.5) is 0 Å². The van der Waals surface area contributed by atoms with Crippen molar-refractivity contribution in [3.63, 3.8) is 0 Å². The van der Waals surface area contributed by atoms with Crippen molar-refractivity contribution in [2.75, 3.05) is 20.8 Å². The molecule has 2 amide bonds. The van der Waals surface area contributed by atoms with Crippen molar-refractivity contribution in [3.8, 4) is 17.2 Å². The van der Waals surface area contributed by atoms with Gasteiger partial charge in [-0.3, -0.25) is 20.4 Å². The molecule has 0 bridgehead atoms. The number of ether oxygens (including phenoxy) is 3. The van der Waals surface area contributed by atoms with E-state index in [-0.39, 0.29) is 18.9 Å². The van der Waals surface area contributed by atoms with Crippen molar-refractivity contribution in [2.24, 2.45) is 0 Å². The molecule has 0 aliphatic heterocycles. The second kappa shape index (κ2) is 10.2. The van der Waals surface area contributed by atoms with Gasteiger partial charge in [0.05, 0.1) is 14.2 Å². The first kappa shape index (κ1) is 21.1. The average molecular weight is 386 g/mol. The lowest BCUT2D eigenvalue weighted by Crippen LogP contribution is -2.43. The molecule has 7 nitrogen and oxygen atoms in total. The highest BCUT2D eigenvalue weighted by atomic mass is 16.5. The summed E-state index contributed by atoms with van der Waals surface area (Å²) < 4.78 is 15.9. The number of rotatable bonds is 8. The van der Waals surface area contributed by atoms with Crippen LogP contribution in [0.15, 0.2) is 36.4 Å². The molecule has 0 unspecified atom stereocenters. The van der Waals surface area contributed by atoms with E-state index in [1.807, 2.05) is 44.2 Å². The van der Waals surface area contributed by atoms with Gasteiger partial charge in [0.2, 0.25) is 5.91 Å². The number of amides is 2. The van der Waals surface area contributed by atoms with Gasteiger partial charge >= 0.3 is 0 Å². The lowest BCUT2D eigenvalue weighted by atomic mass is 10.1. The van der Waals surface area contributed by atoms with Gasteiger partial charge in [0, 0.05) is 12.5 Å². The highest BCUT2D eigenvalue weighted by Crippen LogP contribution is 2.23. The standard InChI is InChI=1S/C21H26N2O5/c1-14-7-15(2)9-19(8-14)28-13-21(25)23-22-20(24)6-5-16-10-17(26-3)12-18(11-16)27-4/h7-12H,5-6,13H2,1-4H3,(H,22,24)(H,23,25). The molecule has 2 rings (SSSR count). The molecule has 28 heavy (non-hydrogen) atoms. The highest BCUT2D eigenvalue weighted by molar-refractivity contribution is 5.82. The minimum Gasteiger partial charge on any atom is -0.497 e. The average Bonchev–Trinajstić information content (AvgIpc) is 2.68. The van der Waals surface area contributed by atoms with Crippen molar-refractivity contribution in [1.29, 1.82) is 0 Å². The van der Waals surface area contributed by atoms with Crippen LogP contribution in [0.5, 0.6) is 17.2 Å². The lowest BCUT2D eigenvalue weighted by Gasteiger charge is -2.11. The third-order valence-corrected chi connectivity index (χ3v) is 3.96. The second-order valence-electron chi connectivity index (χ2n) is 6.43. The lowest BCUT2D eigenvalue weighted by molar-refractivity contribution is -0.130. The highest BCUT2D eigenvalue weighted by Gasteiger charge is 2.08. The molecular formula is C21H26N2O5. The Labute approximate surface area is 165 Å². The zero-order valence-corrected chi connectivity index (χ0v) is 16.6. The summed E-state index contributed by atoms with van der Waals surface area (Å²) in [5, 5.41) is 0. The number of benzene rings is 2. The van der Waals surface area contributed by atoms with Gasteiger partial charge in [-0.2, -0.15) is 0 Å². The number of aryl methyl sites for hydroxylation is 3. The summed E-state index contributed by atoms with van der Waals surface area (Å²) in [5.41, 5.74) is 7.74. The molecule has 0 fully saturated rings. The summed E-state index contributed by atoms with van der Waals surface area (Å²) in [6.07, 6.45) is 0.683. The van der Waals surface area contributed by atoms with Crippen LogP contribution in [0.1, 0.15) is 23.1 Å². The second-order valence-corrected chi connectivity index (χ2v) is 6.43. The summed E-state index contributed by atoms with van der Waals surface area (Å²) in [5.74, 6) is 1.20. The fraction of sp³-hybridized carbons (Fsp3) is 0.333. The van der Waals surface area contributed by atoms with Crippen molar-refractivity contribution in [2.45, 2.75) is 26.7 Å². The fourth-order valence-electron chi connectivity index (χ4n) is 2.67. The number of carbonyl (C=O) groups excluding carboxylic acids is 2. The van der Waals surface area contributed by atoms with Gasteiger partial charge in [0.1, 0.15) is 17.2 Å². The van der Waals surface area contributed by atoms with Crippen molar-refractivity contribution in [3.05, 3.63) is 53.1 Å². The first-order chi connectivity index (χ1) is 13.4. The van der Waals surface area contributed by atoms with Crippen LogP contribution in [0.3, 0.4) is 0 Å². The molecule has 2 N–H and O–H groups in total. The van der Waals surface area contributed by atoms with Crippen molar-refractivity contribution in [1.82, 2.24) is 10.9 Å². The van der Waals surface area contributed by atoms with Gasteiger partial charge in [-0.25, -0.2) is 0 Å². The summed E-state index contributed by atoms with van der Waals surface area (Å²) in [6, 6.07) is 11.2. The van der Waals surface area contributed by atoms with Gasteiger partial charge in [0.25, 0.3) is 5.91 Å². The number of hydrogen-bond donors (Lipinski definition) is 2. The molecule has 0 spiro atoms. The normalized spacial score (nSPS) is 10.1. The van der Waals surface area contributed by atoms with Gasteiger partial charge < -0.3 is 14.2 Å². The Kier molecular flexibility index (Phi) is 7.68. The van der Waals surface area contributed by atoms with Crippen LogP contribution in [0.25, 0.3) is 0 Å². The van der Waals surface area contributed by atoms with E-state index in [9.17, 15) is 9.59 Å². The zero-order chi connectivity index (χ0) is 20.5. The van der Waals surface area contributed by atoms with E-state index in [1.54, 1.807) is 20.3 Å². The van der Waals surface area contributed by atoms with E-state index in [0.29, 0.717) is 23.7 Å². The first-order valence-electron chi connectivity index (χ1n) is 8.90. The third-order valence-electron chi connectivity index (χ3n) is 3.96. The van der Waals surface area contributed by atoms with Gasteiger partial charge in [-0.05, 0) is 61.2 Å². The van der Waals surface area contributed by atoms with E-state index >= 15 is 0 Å². The third kappa shape index (κ3) is 6.83. The molecule has 2 aromatic carbocycles. The Morgan fingerprint density at radius 3 is 1.93 bits per heavy atom. The Hall–Kier alpha value is -3.22. The zero-order valence-electron chi connectivity index (χ0n) is 16.6. The predicted molar refractivity (Wildman–Crippen MR) is 106 cm³/mol. The summed E-state index contributed by atoms with van der Waals surface area (Å²) in [6.45, 7) is 3.73. The smallest absolute Gasteiger partial charge is 0.276 e. The maximum Gasteiger partial charge on any atom is 0.276 e. The molecule has 0 aliphatic rings. The van der Waals surface area contributed by atoms with Crippen LogP contribution in [0.2, 0.25) is 0 Å². The molecular weight excluding hydrogens is 360 g/mol. The number of hydrazine groups is 1. The van der Waals surface area contributed by atoms with E-state index in [1.165, 1.54) is 0 Å². The summed E-state index contributed by atoms with van der Waals surface area (Å²) >= 11 is 0.